The SMILES string of the molecule is COc1c(Cl)cc(C(=O)Nc2nc(C)cc(C)n2)cc1Cl. The Morgan fingerprint density at radius 2 is 1.62 bits per heavy atom. The molecule has 1 N–H and O–H groups in total. The minimum Gasteiger partial charge on any atom is -0.494 e. The van der Waals surface area contributed by atoms with Gasteiger partial charge in [-0.25, -0.2) is 9.97 Å². The number of aryl methyl sites for hydroxylation is 2. The highest BCUT2D eigenvalue weighted by atomic mass is 35.5. The Hall–Kier alpha value is -1.85. The van der Waals surface area contributed by atoms with Gasteiger partial charge in [0.05, 0.1) is 17.2 Å². The van der Waals surface area contributed by atoms with Gasteiger partial charge >= 0.3 is 0 Å². The van der Waals surface area contributed by atoms with Crippen LogP contribution in [0.2, 0.25) is 10.0 Å². The third-order valence-corrected chi connectivity index (χ3v) is 3.23. The lowest BCUT2D eigenvalue weighted by atomic mass is 10.2. The summed E-state index contributed by atoms with van der Waals surface area (Å²) in [5, 5.41) is 3.13. The maximum atomic E-state index is 12.2. The van der Waals surface area contributed by atoms with E-state index in [9.17, 15) is 4.79 Å². The Balaban J connectivity index is 2.28. The number of carbonyl (C=O) groups is 1. The maximum absolute atomic E-state index is 12.2. The standard InChI is InChI=1S/C14H13Cl2N3O2/c1-7-4-8(2)18-14(17-7)19-13(20)9-5-10(15)12(21-3)11(16)6-9/h4-6H,1-3H3,(H,17,18,19,20). The molecule has 2 aromatic rings. The molecule has 7 heteroatoms. The second-order valence-corrected chi connectivity index (χ2v) is 5.22. The molecule has 0 radical (unpaired) electrons. The van der Waals surface area contributed by atoms with Crippen molar-refractivity contribution < 1.29 is 9.53 Å². The number of benzene rings is 1. The first-order valence-electron chi connectivity index (χ1n) is 6.07. The summed E-state index contributed by atoms with van der Waals surface area (Å²) in [5.41, 5.74) is 1.83. The number of rotatable bonds is 3. The van der Waals surface area contributed by atoms with Gasteiger partial charge in [-0.15, -0.1) is 0 Å². The van der Waals surface area contributed by atoms with Crippen LogP contribution in [-0.2, 0) is 0 Å². The highest BCUT2D eigenvalue weighted by Gasteiger charge is 2.14. The third kappa shape index (κ3) is 3.62. The number of carbonyl (C=O) groups excluding carboxylic acids is 1. The summed E-state index contributed by atoms with van der Waals surface area (Å²) in [6.07, 6.45) is 0. The van der Waals surface area contributed by atoms with Crippen molar-refractivity contribution in [2.75, 3.05) is 12.4 Å². The molecule has 0 aliphatic heterocycles. The maximum Gasteiger partial charge on any atom is 0.258 e. The summed E-state index contributed by atoms with van der Waals surface area (Å²) >= 11 is 12.0. The largest absolute Gasteiger partial charge is 0.494 e. The van der Waals surface area contributed by atoms with Crippen LogP contribution in [-0.4, -0.2) is 23.0 Å². The molecule has 0 aliphatic rings. The zero-order chi connectivity index (χ0) is 15.6. The van der Waals surface area contributed by atoms with E-state index in [-0.39, 0.29) is 16.0 Å². The number of anilines is 1. The lowest BCUT2D eigenvalue weighted by Gasteiger charge is -2.09. The van der Waals surface area contributed by atoms with Crippen LogP contribution in [0.15, 0.2) is 18.2 Å². The molecule has 0 aliphatic carbocycles. The predicted molar refractivity (Wildman–Crippen MR) is 82.5 cm³/mol. The van der Waals surface area contributed by atoms with Gasteiger partial charge in [0.2, 0.25) is 5.95 Å². The number of nitrogens with zero attached hydrogens (tertiary/aromatic N) is 2. The van der Waals surface area contributed by atoms with Crippen LogP contribution in [0.4, 0.5) is 5.95 Å². The molecule has 0 unspecified atom stereocenters. The van der Waals surface area contributed by atoms with Crippen LogP contribution in [0.1, 0.15) is 21.7 Å². The molecule has 110 valence electrons. The molecule has 1 heterocycles. The van der Waals surface area contributed by atoms with Crippen LogP contribution in [0.5, 0.6) is 5.75 Å². The second-order valence-electron chi connectivity index (χ2n) is 4.40. The number of hydrogen-bond donors (Lipinski definition) is 1. The van der Waals surface area contributed by atoms with E-state index in [4.69, 9.17) is 27.9 Å². The van der Waals surface area contributed by atoms with Gasteiger partial charge in [-0.05, 0) is 32.0 Å². The first kappa shape index (κ1) is 15.5. The molecule has 0 atom stereocenters. The second kappa shape index (κ2) is 6.28. The number of hydrogen-bond acceptors (Lipinski definition) is 4. The average Bonchev–Trinajstić information content (AvgIpc) is 2.36. The lowest BCUT2D eigenvalue weighted by Crippen LogP contribution is -2.15. The normalized spacial score (nSPS) is 10.3. The van der Waals surface area contributed by atoms with Crippen molar-refractivity contribution >= 4 is 35.1 Å². The van der Waals surface area contributed by atoms with Crippen molar-refractivity contribution in [3.8, 4) is 5.75 Å². The first-order chi connectivity index (χ1) is 9.90. The van der Waals surface area contributed by atoms with Gasteiger partial charge in [-0.3, -0.25) is 10.1 Å². The molecular formula is C14H13Cl2N3O2. The fraction of sp³-hybridized carbons (Fsp3) is 0.214. The van der Waals surface area contributed by atoms with E-state index in [1.54, 1.807) is 0 Å². The lowest BCUT2D eigenvalue weighted by molar-refractivity contribution is 0.102. The van der Waals surface area contributed by atoms with Gasteiger partial charge < -0.3 is 4.74 Å². The monoisotopic (exact) mass is 325 g/mol. The van der Waals surface area contributed by atoms with Gasteiger partial charge in [-0.2, -0.15) is 0 Å². The summed E-state index contributed by atoms with van der Waals surface area (Å²) in [6, 6.07) is 4.77. The van der Waals surface area contributed by atoms with E-state index in [1.165, 1.54) is 19.2 Å². The average molecular weight is 326 g/mol. The fourth-order valence-corrected chi connectivity index (χ4v) is 2.48. The van der Waals surface area contributed by atoms with Crippen molar-refractivity contribution in [1.29, 1.82) is 0 Å². The highest BCUT2D eigenvalue weighted by molar-refractivity contribution is 6.37. The number of amides is 1. The Kier molecular flexibility index (Phi) is 4.65. The zero-order valence-electron chi connectivity index (χ0n) is 11.7. The fourth-order valence-electron chi connectivity index (χ4n) is 1.84. The number of ether oxygens (including phenoxy) is 1. The van der Waals surface area contributed by atoms with Gasteiger partial charge in [0.15, 0.2) is 5.75 Å². The molecule has 1 aromatic heterocycles. The summed E-state index contributed by atoms with van der Waals surface area (Å²) in [5.74, 6) is 0.171. The smallest absolute Gasteiger partial charge is 0.258 e. The van der Waals surface area contributed by atoms with Gasteiger partial charge in [0.1, 0.15) is 0 Å². The summed E-state index contributed by atoms with van der Waals surface area (Å²) < 4.78 is 5.04. The van der Waals surface area contributed by atoms with E-state index >= 15 is 0 Å². The molecule has 0 fully saturated rings. The first-order valence-corrected chi connectivity index (χ1v) is 6.83. The van der Waals surface area contributed by atoms with Crippen molar-refractivity contribution in [3.63, 3.8) is 0 Å². The predicted octanol–water partition coefficient (Wildman–Crippen LogP) is 3.66. The van der Waals surface area contributed by atoms with E-state index in [0.29, 0.717) is 11.3 Å². The number of aromatic nitrogens is 2. The molecule has 0 saturated carbocycles. The molecular weight excluding hydrogens is 313 g/mol. The molecule has 21 heavy (non-hydrogen) atoms. The molecule has 1 aromatic carbocycles. The summed E-state index contributed by atoms with van der Waals surface area (Å²) in [7, 11) is 1.45. The van der Waals surface area contributed by atoms with Gasteiger partial charge in [0.25, 0.3) is 5.91 Å². The molecule has 0 spiro atoms. The van der Waals surface area contributed by atoms with Gasteiger partial charge in [-0.1, -0.05) is 23.2 Å². The van der Waals surface area contributed by atoms with Crippen molar-refractivity contribution in [1.82, 2.24) is 9.97 Å². The highest BCUT2D eigenvalue weighted by Crippen LogP contribution is 2.33. The van der Waals surface area contributed by atoms with Crippen LogP contribution < -0.4 is 10.1 Å². The van der Waals surface area contributed by atoms with Crippen molar-refractivity contribution in [2.45, 2.75) is 13.8 Å². The number of nitrogens with one attached hydrogen (secondary N) is 1. The van der Waals surface area contributed by atoms with E-state index in [0.717, 1.165) is 11.4 Å². The van der Waals surface area contributed by atoms with Crippen LogP contribution in [0.25, 0.3) is 0 Å². The summed E-state index contributed by atoms with van der Waals surface area (Å²) in [6.45, 7) is 3.65. The zero-order valence-corrected chi connectivity index (χ0v) is 13.2. The van der Waals surface area contributed by atoms with Crippen molar-refractivity contribution in [3.05, 3.63) is 45.2 Å². The number of halogens is 2. The topological polar surface area (TPSA) is 64.1 Å². The van der Waals surface area contributed by atoms with Crippen LogP contribution in [0.3, 0.4) is 0 Å². The van der Waals surface area contributed by atoms with Crippen molar-refractivity contribution in [2.24, 2.45) is 0 Å². The van der Waals surface area contributed by atoms with E-state index in [1.807, 2.05) is 19.9 Å². The molecule has 2 rings (SSSR count). The quantitative estimate of drug-likeness (QED) is 0.935. The van der Waals surface area contributed by atoms with E-state index < -0.39 is 5.91 Å². The third-order valence-electron chi connectivity index (χ3n) is 2.67. The Labute approximate surface area is 132 Å². The molecule has 5 nitrogen and oxygen atoms in total. The minimum absolute atomic E-state index is 0.237. The molecule has 0 bridgehead atoms. The summed E-state index contributed by atoms with van der Waals surface area (Å²) in [4.78, 5) is 20.5. The van der Waals surface area contributed by atoms with Gasteiger partial charge in [0, 0.05) is 17.0 Å². The Bertz CT molecular complexity index is 661. The molecule has 1 amide bonds. The number of methoxy groups -OCH3 is 1. The Morgan fingerprint density at radius 3 is 2.10 bits per heavy atom. The minimum atomic E-state index is -0.397. The van der Waals surface area contributed by atoms with Crippen LogP contribution in [0, 0.1) is 13.8 Å². The Morgan fingerprint density at radius 1 is 1.10 bits per heavy atom. The van der Waals surface area contributed by atoms with Crippen LogP contribution >= 0.6 is 23.2 Å². The molecule has 0 saturated heterocycles. The van der Waals surface area contributed by atoms with E-state index in [2.05, 4.69) is 15.3 Å².